The zero-order valence-electron chi connectivity index (χ0n) is 10.9. The molecule has 0 amide bonds. The van der Waals surface area contributed by atoms with Crippen molar-refractivity contribution in [3.8, 4) is 11.1 Å². The summed E-state index contributed by atoms with van der Waals surface area (Å²) in [5.41, 5.74) is 7.23. The van der Waals surface area contributed by atoms with E-state index < -0.39 is 0 Å². The van der Waals surface area contributed by atoms with Crippen LogP contribution in [-0.2, 0) is 12.8 Å². The van der Waals surface area contributed by atoms with Crippen molar-refractivity contribution < 1.29 is 0 Å². The van der Waals surface area contributed by atoms with Crippen LogP contribution in [0.3, 0.4) is 0 Å². The van der Waals surface area contributed by atoms with Gasteiger partial charge in [0.25, 0.3) is 0 Å². The summed E-state index contributed by atoms with van der Waals surface area (Å²) in [6.45, 7) is 2.07. The van der Waals surface area contributed by atoms with Gasteiger partial charge in [-0.15, -0.1) is 0 Å². The Bertz CT molecular complexity index is 757. The van der Waals surface area contributed by atoms with Crippen LogP contribution >= 0.6 is 0 Å². The number of H-pyrrole nitrogens is 1. The molecule has 0 aliphatic heterocycles. The van der Waals surface area contributed by atoms with Gasteiger partial charge in [-0.1, -0.05) is 30.3 Å². The molecule has 3 aromatic rings. The van der Waals surface area contributed by atoms with Crippen molar-refractivity contribution in [2.24, 2.45) is 0 Å². The van der Waals surface area contributed by atoms with E-state index in [-0.39, 0.29) is 0 Å². The molecule has 1 aromatic carbocycles. The Morgan fingerprint density at radius 3 is 2.79 bits per heavy atom. The molecule has 2 heterocycles. The summed E-state index contributed by atoms with van der Waals surface area (Å²) in [5, 5.41) is 8.61. The number of nitrogens with zero attached hydrogens (tertiary/aromatic N) is 2. The van der Waals surface area contributed by atoms with Gasteiger partial charge in [-0.25, -0.2) is 4.98 Å². The standard InChI is InChI=1S/C16H15N3/c1-10-14-15(11-6-3-2-4-7-11)12-8-5-9-13(12)17-16(14)19-18-10/h2-4,6-7H,5,8-9H2,1H3,(H,17,18,19). The number of aromatic nitrogens is 3. The molecule has 0 saturated heterocycles. The van der Waals surface area contributed by atoms with Crippen LogP contribution in [0.15, 0.2) is 30.3 Å². The molecule has 3 heteroatoms. The van der Waals surface area contributed by atoms with Crippen LogP contribution in [0, 0.1) is 6.92 Å². The van der Waals surface area contributed by atoms with Crippen LogP contribution in [0.5, 0.6) is 0 Å². The van der Waals surface area contributed by atoms with Gasteiger partial charge >= 0.3 is 0 Å². The van der Waals surface area contributed by atoms with Gasteiger partial charge < -0.3 is 0 Å². The van der Waals surface area contributed by atoms with Crippen LogP contribution in [0.1, 0.15) is 23.4 Å². The fourth-order valence-electron chi connectivity index (χ4n) is 3.12. The monoisotopic (exact) mass is 249 g/mol. The molecule has 3 nitrogen and oxygen atoms in total. The highest BCUT2D eigenvalue weighted by atomic mass is 15.1. The number of pyridine rings is 1. The van der Waals surface area contributed by atoms with E-state index in [0.717, 1.165) is 24.2 Å². The van der Waals surface area contributed by atoms with Crippen molar-refractivity contribution in [3.05, 3.63) is 47.3 Å². The summed E-state index contributed by atoms with van der Waals surface area (Å²) in [6, 6.07) is 10.6. The van der Waals surface area contributed by atoms with Gasteiger partial charge in [0.1, 0.15) is 0 Å². The first-order valence-electron chi connectivity index (χ1n) is 6.76. The molecule has 1 aliphatic rings. The molecule has 1 N–H and O–H groups in total. The zero-order valence-corrected chi connectivity index (χ0v) is 10.9. The van der Waals surface area contributed by atoms with E-state index in [9.17, 15) is 0 Å². The molecule has 0 fully saturated rings. The topological polar surface area (TPSA) is 41.6 Å². The van der Waals surface area contributed by atoms with Gasteiger partial charge in [0.15, 0.2) is 5.65 Å². The molecule has 1 aliphatic carbocycles. The second kappa shape index (κ2) is 3.92. The van der Waals surface area contributed by atoms with E-state index >= 15 is 0 Å². The predicted molar refractivity (Wildman–Crippen MR) is 76.1 cm³/mol. The van der Waals surface area contributed by atoms with E-state index in [1.165, 1.54) is 34.2 Å². The molecule has 0 radical (unpaired) electrons. The van der Waals surface area contributed by atoms with Crippen LogP contribution < -0.4 is 0 Å². The quantitative estimate of drug-likeness (QED) is 0.718. The maximum atomic E-state index is 4.72. The fourth-order valence-corrected chi connectivity index (χ4v) is 3.12. The lowest BCUT2D eigenvalue weighted by atomic mass is 9.96. The third kappa shape index (κ3) is 1.51. The number of aryl methyl sites for hydroxylation is 2. The van der Waals surface area contributed by atoms with E-state index in [1.807, 2.05) is 0 Å². The zero-order chi connectivity index (χ0) is 12.8. The van der Waals surface area contributed by atoms with Gasteiger partial charge in [-0.05, 0) is 42.9 Å². The number of rotatable bonds is 1. The molecule has 2 aromatic heterocycles. The minimum atomic E-state index is 0.858. The molecule has 0 unspecified atom stereocenters. The smallest absolute Gasteiger partial charge is 0.182 e. The van der Waals surface area contributed by atoms with Gasteiger partial charge in [0.2, 0.25) is 0 Å². The summed E-state index contributed by atoms with van der Waals surface area (Å²) in [7, 11) is 0. The largest absolute Gasteiger partial charge is 0.280 e. The molecular formula is C16H15N3. The van der Waals surface area contributed by atoms with Gasteiger partial charge in [0.05, 0.1) is 0 Å². The Kier molecular flexibility index (Phi) is 2.21. The van der Waals surface area contributed by atoms with Crippen LogP contribution in [0.2, 0.25) is 0 Å². The first-order chi connectivity index (χ1) is 9.34. The number of fused-ring (bicyclic) bond motifs is 2. The maximum Gasteiger partial charge on any atom is 0.182 e. The second-order valence-corrected chi connectivity index (χ2v) is 5.18. The first kappa shape index (κ1) is 10.7. The van der Waals surface area contributed by atoms with Crippen molar-refractivity contribution in [3.63, 3.8) is 0 Å². The van der Waals surface area contributed by atoms with Gasteiger partial charge in [0, 0.05) is 16.8 Å². The Labute approximate surface area is 111 Å². The lowest BCUT2D eigenvalue weighted by molar-refractivity contribution is 0.899. The van der Waals surface area contributed by atoms with E-state index in [4.69, 9.17) is 4.98 Å². The van der Waals surface area contributed by atoms with Crippen molar-refractivity contribution in [2.75, 3.05) is 0 Å². The first-order valence-corrected chi connectivity index (χ1v) is 6.76. The summed E-state index contributed by atoms with van der Waals surface area (Å²) in [5.74, 6) is 0. The van der Waals surface area contributed by atoms with Gasteiger partial charge in [-0.3, -0.25) is 5.10 Å². The molecule has 0 bridgehead atoms. The molecule has 19 heavy (non-hydrogen) atoms. The van der Waals surface area contributed by atoms with Crippen molar-refractivity contribution in [1.29, 1.82) is 0 Å². The lowest BCUT2D eigenvalue weighted by Crippen LogP contribution is -1.95. The second-order valence-electron chi connectivity index (χ2n) is 5.18. The molecule has 0 saturated carbocycles. The maximum absolute atomic E-state index is 4.72. The van der Waals surface area contributed by atoms with Crippen molar-refractivity contribution in [1.82, 2.24) is 15.2 Å². The highest BCUT2D eigenvalue weighted by Crippen LogP contribution is 2.37. The molecule has 0 spiro atoms. The lowest BCUT2D eigenvalue weighted by Gasteiger charge is -2.10. The SMILES string of the molecule is Cc1[nH]nc2nc3c(c(-c4ccccc4)c12)CCC3. The molecule has 94 valence electrons. The normalized spacial score (nSPS) is 13.9. The average Bonchev–Trinajstić information content (AvgIpc) is 3.05. The number of benzene rings is 1. The van der Waals surface area contributed by atoms with Crippen molar-refractivity contribution >= 4 is 11.0 Å². The number of hydrogen-bond acceptors (Lipinski definition) is 2. The molecule has 4 rings (SSSR count). The summed E-state index contributed by atoms with van der Waals surface area (Å²) in [4.78, 5) is 4.72. The van der Waals surface area contributed by atoms with Crippen molar-refractivity contribution in [2.45, 2.75) is 26.2 Å². The highest BCUT2D eigenvalue weighted by molar-refractivity contribution is 5.97. The predicted octanol–water partition coefficient (Wildman–Crippen LogP) is 3.42. The Balaban J connectivity index is 2.15. The third-order valence-corrected chi connectivity index (χ3v) is 3.97. The van der Waals surface area contributed by atoms with Gasteiger partial charge in [-0.2, -0.15) is 5.10 Å². The Hall–Kier alpha value is -2.16. The van der Waals surface area contributed by atoms with Crippen LogP contribution in [0.25, 0.3) is 22.2 Å². The third-order valence-electron chi connectivity index (χ3n) is 3.97. The summed E-state index contributed by atoms with van der Waals surface area (Å²) < 4.78 is 0. The van der Waals surface area contributed by atoms with Crippen LogP contribution in [0.4, 0.5) is 0 Å². The summed E-state index contributed by atoms with van der Waals surface area (Å²) >= 11 is 0. The summed E-state index contributed by atoms with van der Waals surface area (Å²) in [6.07, 6.45) is 3.42. The highest BCUT2D eigenvalue weighted by Gasteiger charge is 2.22. The van der Waals surface area contributed by atoms with Crippen LogP contribution in [-0.4, -0.2) is 15.2 Å². The number of nitrogens with one attached hydrogen (secondary N) is 1. The number of aromatic amines is 1. The average molecular weight is 249 g/mol. The minimum absolute atomic E-state index is 0.858. The number of hydrogen-bond donors (Lipinski definition) is 1. The Morgan fingerprint density at radius 1 is 1.11 bits per heavy atom. The van der Waals surface area contributed by atoms with E-state index in [2.05, 4.69) is 47.5 Å². The van der Waals surface area contributed by atoms with E-state index in [1.54, 1.807) is 0 Å². The minimum Gasteiger partial charge on any atom is -0.280 e. The Morgan fingerprint density at radius 2 is 1.95 bits per heavy atom. The molecule has 0 atom stereocenters. The fraction of sp³-hybridized carbons (Fsp3) is 0.250. The molecular weight excluding hydrogens is 234 g/mol. The van der Waals surface area contributed by atoms with E-state index in [0.29, 0.717) is 0 Å².